The number of rotatable bonds is 2. The number of nitrogens with two attached hydrogens (primary N) is 1. The van der Waals surface area contributed by atoms with Crippen LogP contribution in [0.5, 0.6) is 0 Å². The van der Waals surface area contributed by atoms with Crippen molar-refractivity contribution in [3.8, 4) is 0 Å². The molecule has 98 valence electrons. The van der Waals surface area contributed by atoms with Gasteiger partial charge in [0.1, 0.15) is 0 Å². The highest BCUT2D eigenvalue weighted by atomic mass is 16.5. The Morgan fingerprint density at radius 3 is 2.53 bits per heavy atom. The standard InChI is InChI=1S/C13H24N2O2/c14-12-5-3-1-2-4-11(12)13(16)15-10-6-8-17-9-7-10/h10-12H,1-9,14H2,(H,15,16). The number of hydrogen-bond acceptors (Lipinski definition) is 3. The molecule has 4 nitrogen and oxygen atoms in total. The van der Waals surface area contributed by atoms with Crippen LogP contribution in [0.4, 0.5) is 0 Å². The highest BCUT2D eigenvalue weighted by Gasteiger charge is 2.28. The van der Waals surface area contributed by atoms with E-state index in [9.17, 15) is 4.79 Å². The minimum absolute atomic E-state index is 0.0281. The molecule has 0 radical (unpaired) electrons. The second kappa shape index (κ2) is 6.36. The molecule has 1 aliphatic heterocycles. The van der Waals surface area contributed by atoms with Gasteiger partial charge in [0, 0.05) is 25.3 Å². The Labute approximate surface area is 103 Å². The van der Waals surface area contributed by atoms with Crippen molar-refractivity contribution >= 4 is 5.91 Å². The Morgan fingerprint density at radius 1 is 1.06 bits per heavy atom. The van der Waals surface area contributed by atoms with Gasteiger partial charge in [-0.15, -0.1) is 0 Å². The van der Waals surface area contributed by atoms with Crippen LogP contribution in [0.25, 0.3) is 0 Å². The summed E-state index contributed by atoms with van der Waals surface area (Å²) in [6, 6.07) is 0.351. The maximum Gasteiger partial charge on any atom is 0.224 e. The van der Waals surface area contributed by atoms with Crippen LogP contribution < -0.4 is 11.1 Å². The molecular weight excluding hydrogens is 216 g/mol. The summed E-state index contributed by atoms with van der Waals surface area (Å²) < 4.78 is 5.29. The van der Waals surface area contributed by atoms with Crippen LogP contribution in [-0.4, -0.2) is 31.2 Å². The quantitative estimate of drug-likeness (QED) is 0.713. The average Bonchev–Trinajstić information content (AvgIpc) is 2.55. The molecule has 1 amide bonds. The molecule has 0 aromatic carbocycles. The van der Waals surface area contributed by atoms with Crippen molar-refractivity contribution in [2.45, 2.75) is 57.0 Å². The monoisotopic (exact) mass is 240 g/mol. The summed E-state index contributed by atoms with van der Waals surface area (Å²) in [5.74, 6) is 0.201. The maximum atomic E-state index is 12.2. The lowest BCUT2D eigenvalue weighted by Gasteiger charge is -2.27. The Hall–Kier alpha value is -0.610. The van der Waals surface area contributed by atoms with Crippen molar-refractivity contribution in [1.82, 2.24) is 5.32 Å². The number of carbonyl (C=O) groups is 1. The Bertz CT molecular complexity index is 252. The van der Waals surface area contributed by atoms with Crippen molar-refractivity contribution in [2.75, 3.05) is 13.2 Å². The molecule has 17 heavy (non-hydrogen) atoms. The largest absolute Gasteiger partial charge is 0.381 e. The van der Waals surface area contributed by atoms with Crippen molar-refractivity contribution in [2.24, 2.45) is 11.7 Å². The lowest BCUT2D eigenvalue weighted by atomic mass is 9.94. The minimum Gasteiger partial charge on any atom is -0.381 e. The van der Waals surface area contributed by atoms with E-state index in [1.54, 1.807) is 0 Å². The normalized spacial score (nSPS) is 31.8. The van der Waals surface area contributed by atoms with Gasteiger partial charge in [-0.3, -0.25) is 4.79 Å². The third-order valence-electron chi connectivity index (χ3n) is 3.97. The second-order valence-electron chi connectivity index (χ2n) is 5.30. The Morgan fingerprint density at radius 2 is 1.76 bits per heavy atom. The third kappa shape index (κ3) is 3.68. The summed E-state index contributed by atoms with van der Waals surface area (Å²) in [4.78, 5) is 12.2. The van der Waals surface area contributed by atoms with Crippen LogP contribution in [0.3, 0.4) is 0 Å². The van der Waals surface area contributed by atoms with Crippen LogP contribution in [0, 0.1) is 5.92 Å². The first-order valence-corrected chi connectivity index (χ1v) is 6.91. The first kappa shape index (κ1) is 12.8. The first-order valence-electron chi connectivity index (χ1n) is 6.91. The molecule has 1 heterocycles. The molecule has 1 saturated carbocycles. The zero-order chi connectivity index (χ0) is 12.1. The van der Waals surface area contributed by atoms with Crippen molar-refractivity contribution < 1.29 is 9.53 Å². The predicted octanol–water partition coefficient (Wildman–Crippen LogP) is 1.19. The van der Waals surface area contributed by atoms with Crippen molar-refractivity contribution in [1.29, 1.82) is 0 Å². The van der Waals surface area contributed by atoms with Crippen LogP contribution in [0.2, 0.25) is 0 Å². The van der Waals surface area contributed by atoms with Gasteiger partial charge >= 0.3 is 0 Å². The van der Waals surface area contributed by atoms with Gasteiger partial charge in [0.15, 0.2) is 0 Å². The van der Waals surface area contributed by atoms with Gasteiger partial charge in [-0.05, 0) is 25.7 Å². The molecule has 2 atom stereocenters. The summed E-state index contributed by atoms with van der Waals surface area (Å²) >= 11 is 0. The van der Waals surface area contributed by atoms with Crippen LogP contribution in [-0.2, 0) is 9.53 Å². The number of hydrogen-bond donors (Lipinski definition) is 2. The Balaban J connectivity index is 1.84. The predicted molar refractivity (Wildman–Crippen MR) is 66.5 cm³/mol. The summed E-state index contributed by atoms with van der Waals surface area (Å²) in [6.07, 6.45) is 7.35. The summed E-state index contributed by atoms with van der Waals surface area (Å²) in [6.45, 7) is 1.53. The summed E-state index contributed by atoms with van der Waals surface area (Å²) in [5, 5.41) is 3.15. The smallest absolute Gasteiger partial charge is 0.224 e. The van der Waals surface area contributed by atoms with Crippen molar-refractivity contribution in [3.63, 3.8) is 0 Å². The second-order valence-corrected chi connectivity index (χ2v) is 5.30. The molecule has 1 saturated heterocycles. The molecule has 0 aromatic rings. The zero-order valence-corrected chi connectivity index (χ0v) is 10.5. The van der Waals surface area contributed by atoms with Gasteiger partial charge in [-0.2, -0.15) is 0 Å². The van der Waals surface area contributed by atoms with E-state index in [1.807, 2.05) is 0 Å². The number of nitrogens with one attached hydrogen (secondary N) is 1. The average molecular weight is 240 g/mol. The van der Waals surface area contributed by atoms with E-state index in [0.717, 1.165) is 45.3 Å². The van der Waals surface area contributed by atoms with E-state index in [0.29, 0.717) is 6.04 Å². The SMILES string of the molecule is NC1CCCCCC1C(=O)NC1CCOCC1. The topological polar surface area (TPSA) is 64.4 Å². The van der Waals surface area contributed by atoms with Crippen LogP contribution in [0.15, 0.2) is 0 Å². The number of ether oxygens (including phenoxy) is 1. The number of amides is 1. The molecule has 0 bridgehead atoms. The molecule has 2 rings (SSSR count). The zero-order valence-electron chi connectivity index (χ0n) is 10.5. The van der Waals surface area contributed by atoms with Crippen molar-refractivity contribution in [3.05, 3.63) is 0 Å². The van der Waals surface area contributed by atoms with Gasteiger partial charge < -0.3 is 15.8 Å². The molecule has 0 aromatic heterocycles. The summed E-state index contributed by atoms with van der Waals surface area (Å²) in [5.41, 5.74) is 6.10. The van der Waals surface area contributed by atoms with Gasteiger partial charge in [0.05, 0.1) is 5.92 Å². The van der Waals surface area contributed by atoms with E-state index < -0.39 is 0 Å². The molecule has 3 N–H and O–H groups in total. The van der Waals surface area contributed by atoms with Gasteiger partial charge in [-0.25, -0.2) is 0 Å². The number of carbonyl (C=O) groups excluding carboxylic acids is 1. The third-order valence-corrected chi connectivity index (χ3v) is 3.97. The fourth-order valence-corrected chi connectivity index (χ4v) is 2.81. The lowest BCUT2D eigenvalue weighted by molar-refractivity contribution is -0.127. The molecule has 0 spiro atoms. The molecule has 4 heteroatoms. The first-order chi connectivity index (χ1) is 8.27. The van der Waals surface area contributed by atoms with E-state index in [2.05, 4.69) is 5.32 Å². The fourth-order valence-electron chi connectivity index (χ4n) is 2.81. The van der Waals surface area contributed by atoms with Crippen LogP contribution in [0.1, 0.15) is 44.9 Å². The Kier molecular flexibility index (Phi) is 4.80. The highest BCUT2D eigenvalue weighted by Crippen LogP contribution is 2.22. The van der Waals surface area contributed by atoms with Gasteiger partial charge in [0.2, 0.25) is 5.91 Å². The summed E-state index contributed by atoms with van der Waals surface area (Å²) in [7, 11) is 0. The van der Waals surface area contributed by atoms with Crippen LogP contribution >= 0.6 is 0 Å². The molecular formula is C13H24N2O2. The molecule has 1 aliphatic carbocycles. The lowest BCUT2D eigenvalue weighted by Crippen LogP contribution is -2.46. The highest BCUT2D eigenvalue weighted by molar-refractivity contribution is 5.79. The molecule has 2 unspecified atom stereocenters. The van der Waals surface area contributed by atoms with E-state index in [-0.39, 0.29) is 17.9 Å². The van der Waals surface area contributed by atoms with Gasteiger partial charge in [-0.1, -0.05) is 19.3 Å². The van der Waals surface area contributed by atoms with Gasteiger partial charge in [0.25, 0.3) is 0 Å². The van der Waals surface area contributed by atoms with E-state index >= 15 is 0 Å². The minimum atomic E-state index is 0.0281. The molecule has 2 fully saturated rings. The molecule has 2 aliphatic rings. The van der Waals surface area contributed by atoms with E-state index in [1.165, 1.54) is 12.8 Å². The van der Waals surface area contributed by atoms with E-state index in [4.69, 9.17) is 10.5 Å². The maximum absolute atomic E-state index is 12.2. The fraction of sp³-hybridized carbons (Fsp3) is 0.923.